The van der Waals surface area contributed by atoms with E-state index < -0.39 is 12.2 Å². The van der Waals surface area contributed by atoms with Gasteiger partial charge in [-0.05, 0) is 30.4 Å². The van der Waals surface area contributed by atoms with Crippen LogP contribution in [0.4, 0.5) is 0 Å². The van der Waals surface area contributed by atoms with Crippen LogP contribution in [0.3, 0.4) is 0 Å². The summed E-state index contributed by atoms with van der Waals surface area (Å²) < 4.78 is 0. The Kier molecular flexibility index (Phi) is 5.48. The van der Waals surface area contributed by atoms with Gasteiger partial charge in [-0.1, -0.05) is 11.8 Å². The molecule has 0 aliphatic heterocycles. The number of aryl methyl sites for hydroxylation is 1. The summed E-state index contributed by atoms with van der Waals surface area (Å²) in [7, 11) is 0. The summed E-state index contributed by atoms with van der Waals surface area (Å²) >= 11 is 2.72. The molecule has 1 rings (SSSR count). The van der Waals surface area contributed by atoms with Gasteiger partial charge in [-0.25, -0.2) is 0 Å². The first-order valence-corrected chi connectivity index (χ1v) is 6.92. The Morgan fingerprint density at radius 3 is 2.75 bits per heavy atom. The predicted octanol–water partition coefficient (Wildman–Crippen LogP) is 2.12. The first kappa shape index (κ1) is 13.7. The van der Waals surface area contributed by atoms with Gasteiger partial charge in [0.05, 0.1) is 6.10 Å². The van der Waals surface area contributed by atoms with Crippen LogP contribution in [0.2, 0.25) is 0 Å². The molecule has 0 fully saturated rings. The first-order chi connectivity index (χ1) is 7.52. The second kappa shape index (κ2) is 6.39. The number of carbonyl (C=O) groups is 1. The zero-order chi connectivity index (χ0) is 12.1. The molecule has 0 aliphatic rings. The predicted molar refractivity (Wildman–Crippen MR) is 67.8 cm³/mol. The van der Waals surface area contributed by atoms with Gasteiger partial charge in [-0.15, -0.1) is 11.3 Å². The molecule has 0 aromatic carbocycles. The van der Waals surface area contributed by atoms with E-state index in [9.17, 15) is 15.0 Å². The Morgan fingerprint density at radius 2 is 2.25 bits per heavy atom. The molecule has 3 nitrogen and oxygen atoms in total. The third-order valence-corrected chi connectivity index (χ3v) is 4.01. The minimum Gasteiger partial charge on any atom is -0.390 e. The summed E-state index contributed by atoms with van der Waals surface area (Å²) in [6.07, 6.45) is -1.24. The molecule has 5 heteroatoms. The van der Waals surface area contributed by atoms with Gasteiger partial charge < -0.3 is 10.2 Å². The fraction of sp³-hybridized carbons (Fsp3) is 0.545. The SMILES string of the molecule is CC(=O)SCCC(O)C(O)c1ccsc1C. The van der Waals surface area contributed by atoms with Gasteiger partial charge in [0.2, 0.25) is 0 Å². The molecule has 0 saturated carbocycles. The van der Waals surface area contributed by atoms with Crippen molar-refractivity contribution in [3.63, 3.8) is 0 Å². The highest BCUT2D eigenvalue weighted by Gasteiger charge is 2.20. The van der Waals surface area contributed by atoms with Gasteiger partial charge >= 0.3 is 0 Å². The minimum atomic E-state index is -0.848. The van der Waals surface area contributed by atoms with E-state index in [4.69, 9.17) is 0 Å². The summed E-state index contributed by atoms with van der Waals surface area (Å²) in [5.41, 5.74) is 0.783. The number of thiophene rings is 1. The van der Waals surface area contributed by atoms with E-state index in [1.807, 2.05) is 18.4 Å². The van der Waals surface area contributed by atoms with Crippen molar-refractivity contribution < 1.29 is 15.0 Å². The highest BCUT2D eigenvalue weighted by atomic mass is 32.2. The quantitative estimate of drug-likeness (QED) is 0.851. The number of thioether (sulfide) groups is 1. The van der Waals surface area contributed by atoms with E-state index in [1.165, 1.54) is 18.7 Å². The van der Waals surface area contributed by atoms with E-state index in [0.717, 1.165) is 10.4 Å². The molecule has 0 spiro atoms. The second-order valence-corrected chi connectivity index (χ2v) is 5.97. The third-order valence-electron chi connectivity index (χ3n) is 2.30. The smallest absolute Gasteiger partial charge is 0.185 e. The van der Waals surface area contributed by atoms with Crippen molar-refractivity contribution >= 4 is 28.2 Å². The Labute approximate surface area is 103 Å². The van der Waals surface area contributed by atoms with Crippen molar-refractivity contribution in [3.8, 4) is 0 Å². The van der Waals surface area contributed by atoms with Crippen LogP contribution in [0.1, 0.15) is 29.9 Å². The number of aliphatic hydroxyl groups excluding tert-OH is 2. The topological polar surface area (TPSA) is 57.5 Å². The summed E-state index contributed by atoms with van der Waals surface area (Å²) in [5, 5.41) is 21.6. The van der Waals surface area contributed by atoms with Crippen molar-refractivity contribution in [2.45, 2.75) is 32.5 Å². The second-order valence-electron chi connectivity index (χ2n) is 3.57. The molecular formula is C11H16O3S2. The summed E-state index contributed by atoms with van der Waals surface area (Å²) in [6.45, 7) is 3.41. The van der Waals surface area contributed by atoms with Crippen LogP contribution in [0.25, 0.3) is 0 Å². The standard InChI is InChI=1S/C11H16O3S2/c1-7-9(3-5-15-7)11(14)10(13)4-6-16-8(2)12/h3,5,10-11,13-14H,4,6H2,1-2H3. The molecule has 2 atom stereocenters. The van der Waals surface area contributed by atoms with E-state index in [2.05, 4.69) is 0 Å². The molecule has 2 unspecified atom stereocenters. The van der Waals surface area contributed by atoms with Crippen LogP contribution in [0.5, 0.6) is 0 Å². The average molecular weight is 260 g/mol. The van der Waals surface area contributed by atoms with Crippen molar-refractivity contribution in [1.82, 2.24) is 0 Å². The van der Waals surface area contributed by atoms with Crippen molar-refractivity contribution in [1.29, 1.82) is 0 Å². The van der Waals surface area contributed by atoms with Crippen LogP contribution < -0.4 is 0 Å². The van der Waals surface area contributed by atoms with Crippen LogP contribution in [-0.2, 0) is 4.79 Å². The monoisotopic (exact) mass is 260 g/mol. The Morgan fingerprint density at radius 1 is 1.56 bits per heavy atom. The maximum absolute atomic E-state index is 10.7. The lowest BCUT2D eigenvalue weighted by Gasteiger charge is -2.17. The highest BCUT2D eigenvalue weighted by molar-refractivity contribution is 8.13. The highest BCUT2D eigenvalue weighted by Crippen LogP contribution is 2.26. The van der Waals surface area contributed by atoms with E-state index >= 15 is 0 Å². The van der Waals surface area contributed by atoms with Crippen molar-refractivity contribution in [2.75, 3.05) is 5.75 Å². The van der Waals surface area contributed by atoms with Gasteiger partial charge in [0.15, 0.2) is 5.12 Å². The summed E-state index contributed by atoms with van der Waals surface area (Å²) in [5.74, 6) is 0.538. The molecule has 1 heterocycles. The molecule has 16 heavy (non-hydrogen) atoms. The molecule has 1 aromatic rings. The molecule has 0 aliphatic carbocycles. The maximum Gasteiger partial charge on any atom is 0.185 e. The van der Waals surface area contributed by atoms with Crippen LogP contribution in [-0.4, -0.2) is 27.2 Å². The molecule has 2 N–H and O–H groups in total. The maximum atomic E-state index is 10.7. The molecule has 0 bridgehead atoms. The number of carbonyl (C=O) groups excluding carboxylic acids is 1. The lowest BCUT2D eigenvalue weighted by Crippen LogP contribution is -2.19. The first-order valence-electron chi connectivity index (χ1n) is 5.06. The zero-order valence-corrected chi connectivity index (χ0v) is 11.0. The third kappa shape index (κ3) is 3.90. The molecule has 0 saturated heterocycles. The Bertz CT molecular complexity index is 349. The Hall–Kier alpha value is -0.360. The van der Waals surface area contributed by atoms with Gasteiger partial charge in [0.1, 0.15) is 6.10 Å². The molecule has 90 valence electrons. The summed E-state index contributed by atoms with van der Waals surface area (Å²) in [4.78, 5) is 11.7. The fourth-order valence-corrected chi connectivity index (χ4v) is 2.78. The Balaban J connectivity index is 2.45. The van der Waals surface area contributed by atoms with Gasteiger partial charge in [-0.3, -0.25) is 4.79 Å². The normalized spacial score (nSPS) is 14.8. The average Bonchev–Trinajstić information content (AvgIpc) is 2.62. The number of hydrogen-bond donors (Lipinski definition) is 2. The summed E-state index contributed by atoms with van der Waals surface area (Å²) in [6, 6.07) is 1.83. The number of hydrogen-bond acceptors (Lipinski definition) is 5. The van der Waals surface area contributed by atoms with Gasteiger partial charge in [0.25, 0.3) is 0 Å². The van der Waals surface area contributed by atoms with Gasteiger partial charge in [-0.2, -0.15) is 0 Å². The molecule has 0 amide bonds. The van der Waals surface area contributed by atoms with Crippen molar-refractivity contribution in [3.05, 3.63) is 21.9 Å². The van der Waals surface area contributed by atoms with Crippen LogP contribution in [0, 0.1) is 6.92 Å². The van der Waals surface area contributed by atoms with E-state index in [-0.39, 0.29) is 5.12 Å². The van der Waals surface area contributed by atoms with Crippen LogP contribution in [0.15, 0.2) is 11.4 Å². The van der Waals surface area contributed by atoms with E-state index in [0.29, 0.717) is 12.2 Å². The van der Waals surface area contributed by atoms with Crippen molar-refractivity contribution in [2.24, 2.45) is 0 Å². The molecular weight excluding hydrogens is 244 g/mol. The zero-order valence-electron chi connectivity index (χ0n) is 9.34. The minimum absolute atomic E-state index is 0.0356. The number of aliphatic hydroxyl groups is 2. The number of rotatable bonds is 5. The largest absolute Gasteiger partial charge is 0.390 e. The fourth-order valence-electron chi connectivity index (χ4n) is 1.39. The lowest BCUT2D eigenvalue weighted by atomic mass is 10.0. The molecule has 0 radical (unpaired) electrons. The van der Waals surface area contributed by atoms with E-state index in [1.54, 1.807) is 11.3 Å². The molecule has 1 aromatic heterocycles. The van der Waals surface area contributed by atoms with Crippen LogP contribution >= 0.6 is 23.1 Å². The lowest BCUT2D eigenvalue weighted by molar-refractivity contribution is -0.109. The van der Waals surface area contributed by atoms with Gasteiger partial charge in [0, 0.05) is 17.6 Å².